The Kier molecular flexibility index (Phi) is 4.98. The summed E-state index contributed by atoms with van der Waals surface area (Å²) in [7, 11) is 0. The summed E-state index contributed by atoms with van der Waals surface area (Å²) in [5, 5.41) is 8.71. The van der Waals surface area contributed by atoms with E-state index >= 15 is 0 Å². The largest absolute Gasteiger partial charge is 0.396 e. The lowest BCUT2D eigenvalue weighted by Gasteiger charge is -2.04. The molecule has 0 spiro atoms. The molecule has 1 N–H and O–H groups in total. The second-order valence-corrected chi connectivity index (χ2v) is 4.42. The predicted octanol–water partition coefficient (Wildman–Crippen LogP) is 3.87. The van der Waals surface area contributed by atoms with Gasteiger partial charge in [0, 0.05) is 6.61 Å². The maximum atomic E-state index is 8.71. The first-order chi connectivity index (χ1) is 8.90. The van der Waals surface area contributed by atoms with Gasteiger partial charge in [0.1, 0.15) is 0 Å². The van der Waals surface area contributed by atoms with Crippen LogP contribution in [0.1, 0.15) is 18.4 Å². The molecule has 0 unspecified atom stereocenters. The highest BCUT2D eigenvalue weighted by atomic mass is 16.2. The monoisotopic (exact) mass is 239 g/mol. The number of benzene rings is 2. The van der Waals surface area contributed by atoms with Gasteiger partial charge in [-0.25, -0.2) is 0 Å². The Morgan fingerprint density at radius 1 is 0.833 bits per heavy atom. The molecule has 18 heavy (non-hydrogen) atoms. The molecule has 0 atom stereocenters. The van der Waals surface area contributed by atoms with Crippen LogP contribution in [0.3, 0.4) is 0 Å². The summed E-state index contributed by atoms with van der Waals surface area (Å²) in [6.07, 6.45) is 5.06. The van der Waals surface area contributed by atoms with Gasteiger partial charge in [-0.05, 0) is 42.4 Å². The minimum absolute atomic E-state index is 0.281. The minimum atomic E-state index is 0.281. The van der Waals surface area contributed by atoms with Crippen LogP contribution in [-0.2, 0) is 6.42 Å². The van der Waals surface area contributed by atoms with Gasteiger partial charge in [0.25, 0.3) is 0 Å². The third-order valence-electron chi connectivity index (χ3n) is 3.01. The molecule has 1 heteroatoms. The van der Waals surface area contributed by atoms with Gasteiger partial charge in [0.15, 0.2) is 0 Å². The average Bonchev–Trinajstić information content (AvgIpc) is 2.45. The van der Waals surface area contributed by atoms with Crippen molar-refractivity contribution >= 4 is 0 Å². The fourth-order valence-electron chi connectivity index (χ4n) is 1.97. The van der Waals surface area contributed by atoms with Crippen molar-refractivity contribution in [3.8, 4) is 11.1 Å². The second kappa shape index (κ2) is 6.97. The summed E-state index contributed by atoms with van der Waals surface area (Å²) in [6.45, 7) is 0.281. The molecule has 0 aliphatic heterocycles. The molecule has 0 amide bonds. The molecule has 0 heterocycles. The van der Waals surface area contributed by atoms with E-state index in [0.717, 1.165) is 19.3 Å². The quantitative estimate of drug-likeness (QED) is 0.759. The molecular formula is C17H19O. The highest BCUT2D eigenvalue weighted by Crippen LogP contribution is 2.19. The number of aliphatic hydroxyl groups excluding tert-OH is 1. The van der Waals surface area contributed by atoms with Gasteiger partial charge in [0.05, 0.1) is 0 Å². The van der Waals surface area contributed by atoms with E-state index in [4.69, 9.17) is 5.11 Å². The van der Waals surface area contributed by atoms with Crippen molar-refractivity contribution < 1.29 is 5.11 Å². The van der Waals surface area contributed by atoms with Crippen molar-refractivity contribution in [2.75, 3.05) is 6.61 Å². The summed E-state index contributed by atoms with van der Waals surface area (Å²) >= 11 is 0. The number of hydrogen-bond acceptors (Lipinski definition) is 1. The molecule has 2 rings (SSSR count). The lowest BCUT2D eigenvalue weighted by atomic mass is 10.0. The van der Waals surface area contributed by atoms with Crippen molar-refractivity contribution in [2.24, 2.45) is 0 Å². The molecule has 0 fully saturated rings. The first-order valence-electron chi connectivity index (χ1n) is 6.47. The van der Waals surface area contributed by atoms with Crippen LogP contribution in [0.2, 0.25) is 0 Å². The van der Waals surface area contributed by atoms with E-state index in [2.05, 4.69) is 55.0 Å². The Morgan fingerprint density at radius 3 is 2.17 bits per heavy atom. The SMILES string of the molecule is OCCC[CH]Cc1ccc(-c2ccccc2)cc1. The van der Waals surface area contributed by atoms with E-state index in [9.17, 15) is 0 Å². The van der Waals surface area contributed by atoms with E-state index in [0.29, 0.717) is 0 Å². The lowest BCUT2D eigenvalue weighted by molar-refractivity contribution is 0.288. The lowest BCUT2D eigenvalue weighted by Crippen LogP contribution is -1.89. The Labute approximate surface area is 109 Å². The van der Waals surface area contributed by atoms with Crippen LogP contribution in [0.5, 0.6) is 0 Å². The number of hydrogen-bond donors (Lipinski definition) is 1. The summed E-state index contributed by atoms with van der Waals surface area (Å²) in [5.41, 5.74) is 3.84. The van der Waals surface area contributed by atoms with Crippen LogP contribution in [0, 0.1) is 6.42 Å². The molecular weight excluding hydrogens is 220 g/mol. The Bertz CT molecular complexity index is 445. The highest BCUT2D eigenvalue weighted by molar-refractivity contribution is 5.63. The van der Waals surface area contributed by atoms with E-state index in [1.807, 2.05) is 6.07 Å². The molecule has 2 aromatic carbocycles. The third-order valence-corrected chi connectivity index (χ3v) is 3.01. The molecule has 0 saturated heterocycles. The molecule has 1 nitrogen and oxygen atoms in total. The van der Waals surface area contributed by atoms with Crippen LogP contribution in [0.4, 0.5) is 0 Å². The van der Waals surface area contributed by atoms with Gasteiger partial charge >= 0.3 is 0 Å². The van der Waals surface area contributed by atoms with Gasteiger partial charge < -0.3 is 5.11 Å². The van der Waals surface area contributed by atoms with Gasteiger partial charge in [-0.3, -0.25) is 0 Å². The summed E-state index contributed by atoms with van der Waals surface area (Å²) in [5.74, 6) is 0. The zero-order valence-electron chi connectivity index (χ0n) is 10.5. The Hall–Kier alpha value is -1.60. The third kappa shape index (κ3) is 3.71. The smallest absolute Gasteiger partial charge is 0.0431 e. The highest BCUT2D eigenvalue weighted by Gasteiger charge is 1.97. The molecule has 0 aliphatic rings. The number of unbranched alkanes of at least 4 members (excludes halogenated alkanes) is 2. The van der Waals surface area contributed by atoms with Crippen molar-refractivity contribution in [1.82, 2.24) is 0 Å². The fraction of sp³-hybridized carbons (Fsp3) is 0.235. The average molecular weight is 239 g/mol. The first-order valence-corrected chi connectivity index (χ1v) is 6.47. The molecule has 1 radical (unpaired) electrons. The number of aliphatic hydroxyl groups is 1. The maximum absolute atomic E-state index is 8.71. The topological polar surface area (TPSA) is 20.2 Å². The fourth-order valence-corrected chi connectivity index (χ4v) is 1.97. The summed E-state index contributed by atoms with van der Waals surface area (Å²) in [6, 6.07) is 19.1. The van der Waals surface area contributed by atoms with Crippen molar-refractivity contribution in [2.45, 2.75) is 19.3 Å². The summed E-state index contributed by atoms with van der Waals surface area (Å²) in [4.78, 5) is 0. The normalized spacial score (nSPS) is 10.5. The molecule has 0 saturated carbocycles. The number of rotatable bonds is 6. The zero-order chi connectivity index (χ0) is 12.6. The molecule has 93 valence electrons. The van der Waals surface area contributed by atoms with Crippen LogP contribution < -0.4 is 0 Å². The van der Waals surface area contributed by atoms with Crippen molar-refractivity contribution in [3.05, 3.63) is 66.6 Å². The first kappa shape index (κ1) is 12.8. The van der Waals surface area contributed by atoms with Crippen LogP contribution in [-0.4, -0.2) is 11.7 Å². The second-order valence-electron chi connectivity index (χ2n) is 4.42. The van der Waals surface area contributed by atoms with E-state index < -0.39 is 0 Å². The van der Waals surface area contributed by atoms with Gasteiger partial charge in [0.2, 0.25) is 0 Å². The predicted molar refractivity (Wildman–Crippen MR) is 76.2 cm³/mol. The summed E-state index contributed by atoms with van der Waals surface area (Å²) < 4.78 is 0. The van der Waals surface area contributed by atoms with Crippen molar-refractivity contribution in [1.29, 1.82) is 0 Å². The van der Waals surface area contributed by atoms with Gasteiger partial charge in [-0.2, -0.15) is 0 Å². The molecule has 0 aliphatic carbocycles. The van der Waals surface area contributed by atoms with E-state index in [1.54, 1.807) is 0 Å². The minimum Gasteiger partial charge on any atom is -0.396 e. The Morgan fingerprint density at radius 2 is 1.50 bits per heavy atom. The van der Waals surface area contributed by atoms with Crippen LogP contribution in [0.15, 0.2) is 54.6 Å². The Balaban J connectivity index is 1.94. The molecule has 0 aromatic heterocycles. The van der Waals surface area contributed by atoms with E-state index in [-0.39, 0.29) is 6.61 Å². The standard InChI is InChI=1S/C17H19O/c18-14-6-2-3-7-15-10-12-17(13-11-15)16-8-4-1-5-9-16/h1,3-5,8-13,18H,2,6-7,14H2. The van der Waals surface area contributed by atoms with Crippen LogP contribution in [0.25, 0.3) is 11.1 Å². The zero-order valence-corrected chi connectivity index (χ0v) is 10.5. The van der Waals surface area contributed by atoms with Crippen molar-refractivity contribution in [3.63, 3.8) is 0 Å². The van der Waals surface area contributed by atoms with Crippen LogP contribution >= 0.6 is 0 Å². The maximum Gasteiger partial charge on any atom is 0.0431 e. The molecule has 2 aromatic rings. The van der Waals surface area contributed by atoms with Gasteiger partial charge in [-0.15, -0.1) is 0 Å². The van der Waals surface area contributed by atoms with Gasteiger partial charge in [-0.1, -0.05) is 54.6 Å². The molecule has 0 bridgehead atoms. The van der Waals surface area contributed by atoms with E-state index in [1.165, 1.54) is 16.7 Å².